The van der Waals surface area contributed by atoms with Crippen LogP contribution in [0.5, 0.6) is 0 Å². The largest absolute Gasteiger partial charge is 0.443 e. The lowest BCUT2D eigenvalue weighted by Crippen LogP contribution is -2.28. The molecule has 0 unspecified atom stereocenters. The van der Waals surface area contributed by atoms with Crippen LogP contribution in [-0.4, -0.2) is 11.0 Å². The topological polar surface area (TPSA) is 67.2 Å². The maximum absolute atomic E-state index is 13.4. The highest BCUT2D eigenvalue weighted by atomic mass is 32.1. The van der Waals surface area contributed by atoms with Gasteiger partial charge in [-0.05, 0) is 23.6 Å². The number of amides is 2. The molecule has 2 amide bonds. The maximum Gasteiger partial charge on any atom is 0.319 e. The fourth-order valence-electron chi connectivity index (χ4n) is 1.80. The zero-order valence-electron chi connectivity index (χ0n) is 11.4. The Morgan fingerprint density at radius 1 is 1.27 bits per heavy atom. The first-order valence-corrected chi connectivity index (χ1v) is 7.38. The molecule has 3 rings (SSSR count). The summed E-state index contributed by atoms with van der Waals surface area (Å²) < 4.78 is 18.8. The molecule has 0 fully saturated rings. The summed E-state index contributed by atoms with van der Waals surface area (Å²) >= 11 is 1.52. The molecule has 2 aromatic heterocycles. The number of thiophene rings is 1. The van der Waals surface area contributed by atoms with Crippen molar-refractivity contribution >= 4 is 23.1 Å². The average molecular weight is 317 g/mol. The third-order valence-electron chi connectivity index (χ3n) is 2.84. The molecule has 0 saturated heterocycles. The molecule has 2 N–H and O–H groups in total. The van der Waals surface area contributed by atoms with Crippen LogP contribution in [-0.2, 0) is 6.54 Å². The van der Waals surface area contributed by atoms with Crippen molar-refractivity contribution < 1.29 is 13.6 Å². The van der Waals surface area contributed by atoms with Gasteiger partial charge in [-0.3, -0.25) is 0 Å². The molecule has 0 spiro atoms. The Hall–Kier alpha value is -2.67. The Morgan fingerprint density at radius 3 is 2.91 bits per heavy atom. The minimum absolute atomic E-state index is 0.124. The standard InChI is InChI=1S/C15H12FN3O2S/c16-11-4-1-2-5-12(11)19-15(20)17-8-10-9-21-14(18-10)13-6-3-7-22-13/h1-7,9H,8H2,(H2,17,19,20). The molecule has 0 bridgehead atoms. The second-order valence-electron chi connectivity index (χ2n) is 4.41. The molecule has 0 radical (unpaired) electrons. The number of rotatable bonds is 4. The molecule has 0 aliphatic rings. The smallest absolute Gasteiger partial charge is 0.319 e. The Kier molecular flexibility index (Phi) is 4.15. The van der Waals surface area contributed by atoms with Crippen molar-refractivity contribution in [3.05, 3.63) is 59.6 Å². The lowest BCUT2D eigenvalue weighted by molar-refractivity contribution is 0.251. The van der Waals surface area contributed by atoms with E-state index in [9.17, 15) is 9.18 Å². The molecular weight excluding hydrogens is 305 g/mol. The number of anilines is 1. The van der Waals surface area contributed by atoms with E-state index in [1.54, 1.807) is 12.1 Å². The monoisotopic (exact) mass is 317 g/mol. The van der Waals surface area contributed by atoms with Gasteiger partial charge in [0.2, 0.25) is 5.89 Å². The first-order valence-electron chi connectivity index (χ1n) is 6.50. The molecule has 0 saturated carbocycles. The number of oxazole rings is 1. The van der Waals surface area contributed by atoms with Gasteiger partial charge in [0.15, 0.2) is 0 Å². The van der Waals surface area contributed by atoms with E-state index < -0.39 is 11.8 Å². The van der Waals surface area contributed by atoms with Gasteiger partial charge in [0.25, 0.3) is 0 Å². The summed E-state index contributed by atoms with van der Waals surface area (Å²) in [5.74, 6) is 0.0281. The lowest BCUT2D eigenvalue weighted by Gasteiger charge is -2.06. The third kappa shape index (κ3) is 3.32. The van der Waals surface area contributed by atoms with E-state index in [1.165, 1.54) is 29.7 Å². The maximum atomic E-state index is 13.4. The second kappa shape index (κ2) is 6.40. The third-order valence-corrected chi connectivity index (χ3v) is 3.69. The van der Waals surface area contributed by atoms with Crippen LogP contribution in [0.2, 0.25) is 0 Å². The quantitative estimate of drug-likeness (QED) is 0.767. The number of benzene rings is 1. The number of aromatic nitrogens is 1. The van der Waals surface area contributed by atoms with Crippen LogP contribution in [0.25, 0.3) is 10.8 Å². The zero-order valence-corrected chi connectivity index (χ0v) is 12.2. The van der Waals surface area contributed by atoms with Crippen LogP contribution in [0.3, 0.4) is 0 Å². The summed E-state index contributed by atoms with van der Waals surface area (Å²) in [6.45, 7) is 0.190. The van der Waals surface area contributed by atoms with Gasteiger partial charge in [-0.2, -0.15) is 0 Å². The molecular formula is C15H12FN3O2S. The molecule has 0 aliphatic carbocycles. The lowest BCUT2D eigenvalue weighted by atomic mass is 10.3. The van der Waals surface area contributed by atoms with Crippen molar-refractivity contribution in [3.63, 3.8) is 0 Å². The van der Waals surface area contributed by atoms with Gasteiger partial charge in [0.1, 0.15) is 12.1 Å². The highest BCUT2D eigenvalue weighted by Crippen LogP contribution is 2.23. The Morgan fingerprint density at radius 2 is 2.14 bits per heavy atom. The van der Waals surface area contributed by atoms with Crippen LogP contribution in [0.1, 0.15) is 5.69 Å². The predicted octanol–water partition coefficient (Wildman–Crippen LogP) is 3.86. The van der Waals surface area contributed by atoms with Gasteiger partial charge in [0.05, 0.1) is 22.8 Å². The number of carbonyl (C=O) groups is 1. The van der Waals surface area contributed by atoms with E-state index in [0.29, 0.717) is 11.6 Å². The van der Waals surface area contributed by atoms with Crippen LogP contribution >= 0.6 is 11.3 Å². The van der Waals surface area contributed by atoms with Gasteiger partial charge in [-0.1, -0.05) is 18.2 Å². The summed E-state index contributed by atoms with van der Waals surface area (Å²) in [5.41, 5.74) is 0.714. The van der Waals surface area contributed by atoms with Gasteiger partial charge >= 0.3 is 6.03 Å². The SMILES string of the molecule is O=C(NCc1coc(-c2cccs2)n1)Nc1ccccc1F. The molecule has 5 nitrogen and oxygen atoms in total. The summed E-state index contributed by atoms with van der Waals surface area (Å²) in [7, 11) is 0. The fraction of sp³-hybridized carbons (Fsp3) is 0.0667. The van der Waals surface area contributed by atoms with Gasteiger partial charge < -0.3 is 15.1 Å². The number of nitrogens with one attached hydrogen (secondary N) is 2. The fourth-order valence-corrected chi connectivity index (χ4v) is 2.46. The molecule has 7 heteroatoms. The van der Waals surface area contributed by atoms with Gasteiger partial charge in [-0.15, -0.1) is 11.3 Å². The second-order valence-corrected chi connectivity index (χ2v) is 5.36. The average Bonchev–Trinajstić information content (AvgIpc) is 3.18. The van der Waals surface area contributed by atoms with Crippen LogP contribution < -0.4 is 10.6 Å². The highest BCUT2D eigenvalue weighted by molar-refractivity contribution is 7.13. The van der Waals surface area contributed by atoms with Gasteiger partial charge in [0, 0.05) is 0 Å². The van der Waals surface area contributed by atoms with Crippen molar-refractivity contribution in [1.82, 2.24) is 10.3 Å². The number of para-hydroxylation sites is 1. The van der Waals surface area contributed by atoms with Crippen molar-refractivity contribution in [3.8, 4) is 10.8 Å². The zero-order chi connectivity index (χ0) is 15.4. The predicted molar refractivity (Wildman–Crippen MR) is 82.1 cm³/mol. The normalized spacial score (nSPS) is 10.4. The number of halogens is 1. The molecule has 22 heavy (non-hydrogen) atoms. The molecule has 1 aromatic carbocycles. The van der Waals surface area contributed by atoms with Crippen molar-refractivity contribution in [1.29, 1.82) is 0 Å². The summed E-state index contributed by atoms with van der Waals surface area (Å²) in [4.78, 5) is 16.9. The van der Waals surface area contributed by atoms with E-state index in [0.717, 1.165) is 4.88 Å². The van der Waals surface area contributed by atoms with Crippen molar-refractivity contribution in [2.45, 2.75) is 6.54 Å². The minimum Gasteiger partial charge on any atom is -0.443 e. The number of hydrogen-bond donors (Lipinski definition) is 2. The summed E-state index contributed by atoms with van der Waals surface area (Å²) in [6, 6.07) is 9.26. The number of urea groups is 1. The molecule has 112 valence electrons. The van der Waals surface area contributed by atoms with Crippen LogP contribution in [0.4, 0.5) is 14.9 Å². The Balaban J connectivity index is 1.56. The van der Waals surface area contributed by atoms with Crippen LogP contribution in [0.15, 0.2) is 52.5 Å². The summed E-state index contributed by atoms with van der Waals surface area (Å²) in [5, 5.41) is 6.96. The van der Waals surface area contributed by atoms with E-state index in [-0.39, 0.29) is 12.2 Å². The molecule has 2 heterocycles. The van der Waals surface area contributed by atoms with Crippen LogP contribution in [0, 0.1) is 5.82 Å². The van der Waals surface area contributed by atoms with Crippen molar-refractivity contribution in [2.75, 3.05) is 5.32 Å². The number of carbonyl (C=O) groups excluding carboxylic acids is 1. The van der Waals surface area contributed by atoms with E-state index in [4.69, 9.17) is 4.42 Å². The first kappa shape index (κ1) is 14.3. The van der Waals surface area contributed by atoms with E-state index >= 15 is 0 Å². The van der Waals surface area contributed by atoms with E-state index in [2.05, 4.69) is 15.6 Å². The molecule has 0 atom stereocenters. The Bertz CT molecular complexity index is 771. The van der Waals surface area contributed by atoms with Crippen molar-refractivity contribution in [2.24, 2.45) is 0 Å². The van der Waals surface area contributed by atoms with Gasteiger partial charge in [-0.25, -0.2) is 14.2 Å². The molecule has 0 aliphatic heterocycles. The first-order chi connectivity index (χ1) is 10.7. The highest BCUT2D eigenvalue weighted by Gasteiger charge is 2.09. The summed E-state index contributed by atoms with van der Waals surface area (Å²) in [6.07, 6.45) is 1.48. The number of hydrogen-bond acceptors (Lipinski definition) is 4. The van der Waals surface area contributed by atoms with E-state index in [1.807, 2.05) is 17.5 Å². The number of nitrogens with zero attached hydrogens (tertiary/aromatic N) is 1. The minimum atomic E-state index is -0.509. The Labute approximate surface area is 129 Å². The molecule has 3 aromatic rings.